The molecule has 1 aliphatic carbocycles. The van der Waals surface area contributed by atoms with Gasteiger partial charge in [0.15, 0.2) is 0 Å². The quantitative estimate of drug-likeness (QED) is 0.293. The van der Waals surface area contributed by atoms with Gasteiger partial charge in [0.1, 0.15) is 16.5 Å². The number of carbonyl (C=O) groups excluding carboxylic acids is 1. The maximum absolute atomic E-state index is 14.4. The van der Waals surface area contributed by atoms with Crippen molar-refractivity contribution < 1.29 is 13.6 Å². The molecule has 1 fully saturated rings. The van der Waals surface area contributed by atoms with E-state index in [1.807, 2.05) is 35.2 Å². The zero-order valence-electron chi connectivity index (χ0n) is 20.0. The molecule has 2 aromatic carbocycles. The molecule has 1 aliphatic rings. The smallest absolute Gasteiger partial charge is 0.266 e. The van der Waals surface area contributed by atoms with Crippen molar-refractivity contribution in [2.75, 3.05) is 7.05 Å². The summed E-state index contributed by atoms with van der Waals surface area (Å²) in [4.78, 5) is 19.9. The molecule has 0 bridgehead atoms. The summed E-state index contributed by atoms with van der Waals surface area (Å²) in [6, 6.07) is 14.2. The SMILES string of the molecule is CN.O=C(c1sc2c(F)ccc(F)c2c1Cl)N(Cc1cccc(-c2ccncc2)c1)C1CCCCC1. The van der Waals surface area contributed by atoms with Gasteiger partial charge in [0.25, 0.3) is 5.91 Å². The Balaban J connectivity index is 0.00000148. The zero-order valence-corrected chi connectivity index (χ0v) is 21.6. The van der Waals surface area contributed by atoms with Crippen molar-refractivity contribution in [3.05, 3.63) is 88.0 Å². The van der Waals surface area contributed by atoms with Crippen molar-refractivity contribution in [3.8, 4) is 11.1 Å². The summed E-state index contributed by atoms with van der Waals surface area (Å²) >= 11 is 7.40. The molecule has 36 heavy (non-hydrogen) atoms. The van der Waals surface area contributed by atoms with Gasteiger partial charge < -0.3 is 10.6 Å². The number of amides is 1. The highest BCUT2D eigenvalue weighted by Crippen LogP contribution is 2.40. The summed E-state index contributed by atoms with van der Waals surface area (Å²) in [7, 11) is 1.50. The van der Waals surface area contributed by atoms with Crippen LogP contribution in [0.3, 0.4) is 0 Å². The van der Waals surface area contributed by atoms with E-state index in [4.69, 9.17) is 11.6 Å². The number of carbonyl (C=O) groups is 1. The second-order valence-electron chi connectivity index (χ2n) is 8.64. The number of pyridine rings is 1. The maximum Gasteiger partial charge on any atom is 0.266 e. The number of nitrogens with two attached hydrogens (primary N) is 1. The number of rotatable bonds is 5. The molecular weight excluding hydrogens is 500 g/mol. The standard InChI is InChI=1S/C27H23ClF2N2OS.CH5N/c28-24-23-21(29)9-10-22(30)25(23)34-26(24)27(33)32(20-7-2-1-3-8-20)16-17-5-4-6-19(15-17)18-11-13-31-14-12-18;1-2/h4-6,9-15,20H,1-3,7-8,16H2;2H2,1H3. The molecular formula is C28H28ClF2N3OS. The fraction of sp³-hybridized carbons (Fsp3) is 0.286. The molecule has 4 aromatic rings. The Labute approximate surface area is 218 Å². The van der Waals surface area contributed by atoms with Gasteiger partial charge in [-0.1, -0.05) is 49.1 Å². The number of hydrogen-bond acceptors (Lipinski definition) is 4. The van der Waals surface area contributed by atoms with Crippen molar-refractivity contribution in [1.82, 2.24) is 9.88 Å². The van der Waals surface area contributed by atoms with E-state index < -0.39 is 11.6 Å². The summed E-state index contributed by atoms with van der Waals surface area (Å²) in [6.07, 6.45) is 8.56. The normalized spacial score (nSPS) is 13.8. The van der Waals surface area contributed by atoms with Crippen LogP contribution in [0.4, 0.5) is 8.78 Å². The van der Waals surface area contributed by atoms with E-state index in [1.165, 1.54) is 7.05 Å². The Kier molecular flexibility index (Phi) is 8.67. The first-order valence-corrected chi connectivity index (χ1v) is 13.2. The fourth-order valence-corrected chi connectivity index (χ4v) is 6.22. The van der Waals surface area contributed by atoms with E-state index >= 15 is 0 Å². The average molecular weight is 528 g/mol. The van der Waals surface area contributed by atoms with E-state index in [9.17, 15) is 13.6 Å². The van der Waals surface area contributed by atoms with Gasteiger partial charge in [-0.25, -0.2) is 8.78 Å². The van der Waals surface area contributed by atoms with E-state index in [1.54, 1.807) is 12.4 Å². The van der Waals surface area contributed by atoms with Crippen LogP contribution in [0.25, 0.3) is 21.2 Å². The Morgan fingerprint density at radius 1 is 1.03 bits per heavy atom. The molecule has 0 saturated heterocycles. The van der Waals surface area contributed by atoms with E-state index in [2.05, 4.69) is 16.8 Å². The summed E-state index contributed by atoms with van der Waals surface area (Å²) in [6.45, 7) is 0.401. The van der Waals surface area contributed by atoms with Crippen molar-refractivity contribution in [3.63, 3.8) is 0 Å². The predicted octanol–water partition coefficient (Wildman–Crippen LogP) is 7.44. The Morgan fingerprint density at radius 2 is 1.72 bits per heavy atom. The second kappa shape index (κ2) is 11.9. The number of aromatic nitrogens is 1. The molecule has 0 unspecified atom stereocenters. The minimum atomic E-state index is -0.619. The average Bonchev–Trinajstić information content (AvgIpc) is 3.29. The van der Waals surface area contributed by atoms with Crippen molar-refractivity contribution in [1.29, 1.82) is 0 Å². The third-order valence-electron chi connectivity index (χ3n) is 6.45. The number of benzene rings is 2. The molecule has 5 rings (SSSR count). The van der Waals surface area contributed by atoms with E-state index in [0.29, 0.717) is 6.54 Å². The number of thiophene rings is 1. The molecule has 188 valence electrons. The third kappa shape index (κ3) is 5.43. The van der Waals surface area contributed by atoms with Gasteiger partial charge in [0.05, 0.1) is 15.1 Å². The largest absolute Gasteiger partial charge is 0.333 e. The lowest BCUT2D eigenvalue weighted by atomic mass is 9.93. The first kappa shape index (κ1) is 26.2. The van der Waals surface area contributed by atoms with Crippen LogP contribution in [-0.2, 0) is 6.54 Å². The first-order valence-electron chi connectivity index (χ1n) is 12.0. The molecule has 8 heteroatoms. The fourth-order valence-electron chi connectivity index (χ4n) is 4.72. The van der Waals surface area contributed by atoms with E-state index in [0.717, 1.165) is 72.3 Å². The van der Waals surface area contributed by atoms with Gasteiger partial charge in [-0.15, -0.1) is 11.3 Å². The molecule has 0 atom stereocenters. The highest BCUT2D eigenvalue weighted by atomic mass is 35.5. The Bertz CT molecular complexity index is 1340. The van der Waals surface area contributed by atoms with Crippen LogP contribution in [0.15, 0.2) is 60.9 Å². The molecule has 1 amide bonds. The Morgan fingerprint density at radius 3 is 2.42 bits per heavy atom. The molecule has 0 spiro atoms. The van der Waals surface area contributed by atoms with Gasteiger partial charge >= 0.3 is 0 Å². The van der Waals surface area contributed by atoms with Crippen LogP contribution < -0.4 is 5.73 Å². The van der Waals surface area contributed by atoms with E-state index in [-0.39, 0.29) is 31.9 Å². The Hall–Kier alpha value is -2.87. The summed E-state index contributed by atoms with van der Waals surface area (Å²) in [5, 5.41) is -0.0216. The minimum absolute atomic E-state index is 0.00616. The first-order chi connectivity index (χ1) is 17.5. The lowest BCUT2D eigenvalue weighted by Crippen LogP contribution is -2.40. The highest BCUT2D eigenvalue weighted by Gasteiger charge is 2.30. The van der Waals surface area contributed by atoms with Crippen LogP contribution in [0.5, 0.6) is 0 Å². The summed E-state index contributed by atoms with van der Waals surface area (Å²) in [5.41, 5.74) is 7.58. The molecule has 0 aliphatic heterocycles. The number of fused-ring (bicyclic) bond motifs is 1. The van der Waals surface area contributed by atoms with Crippen molar-refractivity contribution >= 4 is 38.9 Å². The zero-order chi connectivity index (χ0) is 25.7. The van der Waals surface area contributed by atoms with Gasteiger partial charge in [0.2, 0.25) is 0 Å². The monoisotopic (exact) mass is 527 g/mol. The molecule has 4 nitrogen and oxygen atoms in total. The number of nitrogens with zero attached hydrogens (tertiary/aromatic N) is 2. The molecule has 2 heterocycles. The maximum atomic E-state index is 14.4. The van der Waals surface area contributed by atoms with Crippen LogP contribution in [0.1, 0.15) is 47.3 Å². The topological polar surface area (TPSA) is 59.2 Å². The minimum Gasteiger partial charge on any atom is -0.333 e. The second-order valence-corrected chi connectivity index (χ2v) is 10.0. The predicted molar refractivity (Wildman–Crippen MR) is 143 cm³/mol. The molecule has 2 N–H and O–H groups in total. The van der Waals surface area contributed by atoms with Gasteiger partial charge in [-0.3, -0.25) is 9.78 Å². The van der Waals surface area contributed by atoms with Crippen molar-refractivity contribution in [2.45, 2.75) is 44.7 Å². The van der Waals surface area contributed by atoms with Crippen LogP contribution in [0, 0.1) is 11.6 Å². The number of hydrogen-bond donors (Lipinski definition) is 1. The van der Waals surface area contributed by atoms with Crippen LogP contribution in [0.2, 0.25) is 5.02 Å². The summed E-state index contributed by atoms with van der Waals surface area (Å²) in [5.74, 6) is -1.46. The van der Waals surface area contributed by atoms with Crippen LogP contribution >= 0.6 is 22.9 Å². The highest BCUT2D eigenvalue weighted by molar-refractivity contribution is 7.21. The van der Waals surface area contributed by atoms with Gasteiger partial charge in [-0.05, 0) is 66.9 Å². The van der Waals surface area contributed by atoms with Gasteiger partial charge in [-0.2, -0.15) is 0 Å². The van der Waals surface area contributed by atoms with Gasteiger partial charge in [0, 0.05) is 25.0 Å². The lowest BCUT2D eigenvalue weighted by molar-refractivity contribution is 0.0619. The lowest BCUT2D eigenvalue weighted by Gasteiger charge is -2.34. The molecule has 0 radical (unpaired) electrons. The number of halogens is 3. The summed E-state index contributed by atoms with van der Waals surface area (Å²) < 4.78 is 28.9. The third-order valence-corrected chi connectivity index (χ3v) is 8.12. The van der Waals surface area contributed by atoms with Crippen molar-refractivity contribution in [2.24, 2.45) is 5.73 Å². The van der Waals surface area contributed by atoms with Crippen LogP contribution in [-0.4, -0.2) is 28.9 Å². The molecule has 1 saturated carbocycles. The molecule has 2 aromatic heterocycles.